The van der Waals surface area contributed by atoms with E-state index in [1.807, 2.05) is 0 Å². The predicted molar refractivity (Wildman–Crippen MR) is 238 cm³/mol. The second-order valence-electron chi connectivity index (χ2n) is 18.5. The Labute approximate surface area is 348 Å². The van der Waals surface area contributed by atoms with Crippen LogP contribution in [0.2, 0.25) is 0 Å². The van der Waals surface area contributed by atoms with Gasteiger partial charge in [0.1, 0.15) is 13.2 Å². The summed E-state index contributed by atoms with van der Waals surface area (Å²) in [6.45, 7) is 13.7. The van der Waals surface area contributed by atoms with E-state index in [0.717, 1.165) is 75.5 Å². The minimum absolute atomic E-state index is 0.0655. The van der Waals surface area contributed by atoms with Gasteiger partial charge in [0, 0.05) is 19.3 Å². The number of rotatable bonds is 43. The molecule has 0 fully saturated rings. The molecule has 0 aliphatic carbocycles. The van der Waals surface area contributed by atoms with Gasteiger partial charge in [-0.1, -0.05) is 228 Å². The maximum absolute atomic E-state index is 12.7. The highest BCUT2D eigenvalue weighted by molar-refractivity contribution is 5.71. The highest BCUT2D eigenvalue weighted by atomic mass is 16.6. The molecule has 332 valence electrons. The topological polar surface area (TPSA) is 78.9 Å². The summed E-state index contributed by atoms with van der Waals surface area (Å²) < 4.78 is 16.8. The van der Waals surface area contributed by atoms with Gasteiger partial charge in [-0.05, 0) is 37.0 Å². The lowest BCUT2D eigenvalue weighted by Crippen LogP contribution is -2.30. The molecule has 0 aliphatic heterocycles. The van der Waals surface area contributed by atoms with E-state index in [1.165, 1.54) is 148 Å². The third-order valence-corrected chi connectivity index (χ3v) is 11.1. The Kier molecular flexibility index (Phi) is 40.4. The second kappa shape index (κ2) is 41.6. The molecule has 6 nitrogen and oxygen atoms in total. The van der Waals surface area contributed by atoms with Gasteiger partial charge < -0.3 is 14.2 Å². The van der Waals surface area contributed by atoms with Crippen molar-refractivity contribution in [1.29, 1.82) is 0 Å². The maximum Gasteiger partial charge on any atom is 0.306 e. The summed E-state index contributed by atoms with van der Waals surface area (Å²) in [7, 11) is 0. The quantitative estimate of drug-likeness (QED) is 0.0348. The monoisotopic (exact) mass is 793 g/mol. The highest BCUT2D eigenvalue weighted by Crippen LogP contribution is 2.17. The van der Waals surface area contributed by atoms with Gasteiger partial charge in [0.2, 0.25) is 0 Å². The van der Waals surface area contributed by atoms with Gasteiger partial charge in [-0.2, -0.15) is 0 Å². The van der Waals surface area contributed by atoms with Crippen molar-refractivity contribution in [1.82, 2.24) is 0 Å². The first-order chi connectivity index (χ1) is 27.1. The number of carbonyl (C=O) groups is 3. The highest BCUT2D eigenvalue weighted by Gasteiger charge is 2.19. The molecule has 0 unspecified atom stereocenters. The van der Waals surface area contributed by atoms with E-state index < -0.39 is 6.10 Å². The number of ether oxygens (including phenoxy) is 3. The fourth-order valence-corrected chi connectivity index (χ4v) is 7.41. The second-order valence-corrected chi connectivity index (χ2v) is 18.5. The van der Waals surface area contributed by atoms with Crippen LogP contribution in [0.15, 0.2) is 0 Å². The summed E-state index contributed by atoms with van der Waals surface area (Å²) in [6, 6.07) is 0. The summed E-state index contributed by atoms with van der Waals surface area (Å²) in [6.07, 6.45) is 39.5. The molecule has 0 heterocycles. The lowest BCUT2D eigenvalue weighted by molar-refractivity contribution is -0.167. The fraction of sp³-hybridized carbons (Fsp3) is 0.940. The summed E-state index contributed by atoms with van der Waals surface area (Å²) in [5.41, 5.74) is 0. The Hall–Kier alpha value is -1.59. The van der Waals surface area contributed by atoms with Gasteiger partial charge in [-0.15, -0.1) is 0 Å². The SMILES string of the molecule is CC(C)CCCCCCCCCCCCC(=O)OC[C@H](COC(=O)CCCCCCCCCCCC(C)C)OC(=O)CCCCCCCCCCCCC(C)C. The molecule has 0 aliphatic rings. The van der Waals surface area contributed by atoms with Crippen LogP contribution in [0.4, 0.5) is 0 Å². The molecule has 6 heteroatoms. The van der Waals surface area contributed by atoms with E-state index in [2.05, 4.69) is 41.5 Å². The van der Waals surface area contributed by atoms with Crippen LogP contribution in [0.3, 0.4) is 0 Å². The van der Waals surface area contributed by atoms with Crippen molar-refractivity contribution in [3.8, 4) is 0 Å². The van der Waals surface area contributed by atoms with Crippen LogP contribution in [0.1, 0.15) is 266 Å². The first-order valence-electron chi connectivity index (χ1n) is 24.6. The van der Waals surface area contributed by atoms with Crippen LogP contribution in [0.5, 0.6) is 0 Å². The average Bonchev–Trinajstić information content (AvgIpc) is 3.15. The van der Waals surface area contributed by atoms with Crippen LogP contribution in [-0.2, 0) is 28.6 Å². The van der Waals surface area contributed by atoms with Crippen molar-refractivity contribution in [2.75, 3.05) is 13.2 Å². The number of unbranched alkanes of at least 4 members (excludes halogenated alkanes) is 26. The van der Waals surface area contributed by atoms with Gasteiger partial charge in [0.05, 0.1) is 0 Å². The smallest absolute Gasteiger partial charge is 0.306 e. The van der Waals surface area contributed by atoms with Crippen molar-refractivity contribution >= 4 is 17.9 Å². The molecule has 56 heavy (non-hydrogen) atoms. The molecule has 0 radical (unpaired) electrons. The molecule has 0 aromatic heterocycles. The van der Waals surface area contributed by atoms with Crippen molar-refractivity contribution in [2.45, 2.75) is 272 Å². The average molecular weight is 793 g/mol. The first kappa shape index (κ1) is 54.4. The van der Waals surface area contributed by atoms with Gasteiger partial charge in [0.25, 0.3) is 0 Å². The van der Waals surface area contributed by atoms with Gasteiger partial charge >= 0.3 is 17.9 Å². The molecule has 0 saturated heterocycles. The third kappa shape index (κ3) is 43.5. The summed E-state index contributed by atoms with van der Waals surface area (Å²) in [4.78, 5) is 37.8. The van der Waals surface area contributed by atoms with Crippen LogP contribution in [0.25, 0.3) is 0 Å². The lowest BCUT2D eigenvalue weighted by atomic mass is 10.0. The lowest BCUT2D eigenvalue weighted by Gasteiger charge is -2.18. The van der Waals surface area contributed by atoms with Crippen LogP contribution in [-0.4, -0.2) is 37.2 Å². The zero-order valence-electron chi connectivity index (χ0n) is 38.4. The van der Waals surface area contributed by atoms with E-state index in [9.17, 15) is 14.4 Å². The van der Waals surface area contributed by atoms with Gasteiger partial charge in [-0.3, -0.25) is 14.4 Å². The molecule has 0 amide bonds. The normalized spacial score (nSPS) is 12.2. The van der Waals surface area contributed by atoms with Crippen molar-refractivity contribution in [3.63, 3.8) is 0 Å². The summed E-state index contributed by atoms with van der Waals surface area (Å²) in [5.74, 6) is 1.59. The Bertz CT molecular complexity index is 868. The maximum atomic E-state index is 12.7. The predicted octanol–water partition coefficient (Wildman–Crippen LogP) is 15.6. The number of hydrogen-bond acceptors (Lipinski definition) is 6. The van der Waals surface area contributed by atoms with Gasteiger partial charge in [0.15, 0.2) is 6.10 Å². The number of esters is 3. The van der Waals surface area contributed by atoms with E-state index >= 15 is 0 Å². The van der Waals surface area contributed by atoms with Crippen molar-refractivity contribution < 1.29 is 28.6 Å². The Balaban J connectivity index is 4.34. The molecule has 0 saturated carbocycles. The molecular weight excluding hydrogens is 697 g/mol. The third-order valence-electron chi connectivity index (χ3n) is 11.1. The zero-order chi connectivity index (χ0) is 41.3. The molecule has 0 spiro atoms. The molecule has 0 N–H and O–H groups in total. The molecule has 1 atom stereocenters. The standard InChI is InChI=1S/C50H96O6/c1-44(2)36-30-24-18-12-7-9-15-21-27-33-39-48(51)54-42-47(43-55-49(52)40-34-28-22-17-11-14-20-26-32-38-46(5)6)56-50(53)41-35-29-23-16-10-8-13-19-25-31-37-45(3)4/h44-47H,7-43H2,1-6H3/t47-/m1/s1. The van der Waals surface area contributed by atoms with Crippen molar-refractivity contribution in [2.24, 2.45) is 17.8 Å². The van der Waals surface area contributed by atoms with E-state index in [-0.39, 0.29) is 31.1 Å². The Morgan fingerprint density at radius 2 is 0.518 bits per heavy atom. The number of carbonyl (C=O) groups excluding carboxylic acids is 3. The summed E-state index contributed by atoms with van der Waals surface area (Å²) in [5, 5.41) is 0. The Morgan fingerprint density at radius 3 is 0.768 bits per heavy atom. The minimum Gasteiger partial charge on any atom is -0.462 e. The van der Waals surface area contributed by atoms with E-state index in [4.69, 9.17) is 14.2 Å². The minimum atomic E-state index is -0.762. The van der Waals surface area contributed by atoms with E-state index in [0.29, 0.717) is 19.3 Å². The van der Waals surface area contributed by atoms with Crippen LogP contribution >= 0.6 is 0 Å². The molecular formula is C50H96O6. The fourth-order valence-electron chi connectivity index (χ4n) is 7.41. The molecule has 0 aromatic carbocycles. The van der Waals surface area contributed by atoms with Gasteiger partial charge in [-0.25, -0.2) is 0 Å². The summed E-state index contributed by atoms with van der Waals surface area (Å²) >= 11 is 0. The molecule has 0 rings (SSSR count). The molecule has 0 aromatic rings. The molecule has 0 bridgehead atoms. The van der Waals surface area contributed by atoms with Crippen LogP contribution in [0, 0.1) is 17.8 Å². The van der Waals surface area contributed by atoms with E-state index in [1.54, 1.807) is 0 Å². The van der Waals surface area contributed by atoms with Crippen molar-refractivity contribution in [3.05, 3.63) is 0 Å². The largest absolute Gasteiger partial charge is 0.462 e. The number of hydrogen-bond donors (Lipinski definition) is 0. The first-order valence-corrected chi connectivity index (χ1v) is 24.6. The van der Waals surface area contributed by atoms with Crippen LogP contribution < -0.4 is 0 Å². The Morgan fingerprint density at radius 1 is 0.304 bits per heavy atom. The zero-order valence-corrected chi connectivity index (χ0v) is 38.4.